The van der Waals surface area contributed by atoms with E-state index in [4.69, 9.17) is 9.97 Å². The van der Waals surface area contributed by atoms with Crippen LogP contribution >= 0.6 is 0 Å². The molecule has 2 N–H and O–H groups in total. The number of benzene rings is 2. The Kier molecular flexibility index (Phi) is 6.57. The normalized spacial score (nSPS) is 14.3. The molecule has 1 saturated heterocycles. The summed E-state index contributed by atoms with van der Waals surface area (Å²) < 4.78 is 0. The lowest BCUT2D eigenvalue weighted by Gasteiger charge is -2.34. The summed E-state index contributed by atoms with van der Waals surface area (Å²) in [6, 6.07) is 17.4. The number of carbonyl (C=O) groups is 1. The summed E-state index contributed by atoms with van der Waals surface area (Å²) in [5.41, 5.74) is 3.67. The first-order chi connectivity index (χ1) is 17.1. The molecule has 0 saturated carbocycles. The molecule has 1 aliphatic heterocycles. The first-order valence-corrected chi connectivity index (χ1v) is 12.1. The van der Waals surface area contributed by atoms with Gasteiger partial charge in [0.05, 0.1) is 11.1 Å². The number of para-hydroxylation sites is 1. The molecule has 0 bridgehead atoms. The fourth-order valence-corrected chi connectivity index (χ4v) is 4.59. The Bertz CT molecular complexity index is 1330. The monoisotopic (exact) mass is 467 g/mol. The molecular weight excluding hydrogens is 438 g/mol. The number of amides is 1. The topological polar surface area (TPSA) is 91.2 Å². The van der Waals surface area contributed by atoms with Crippen molar-refractivity contribution < 1.29 is 9.90 Å². The smallest absolute Gasteiger partial charge is 0.220 e. The van der Waals surface area contributed by atoms with Gasteiger partial charge in [-0.05, 0) is 67.6 Å². The van der Waals surface area contributed by atoms with E-state index < -0.39 is 0 Å². The molecule has 0 radical (unpaired) electrons. The lowest BCUT2D eigenvalue weighted by atomic mass is 10.0. The Morgan fingerprint density at radius 1 is 1.09 bits per heavy atom. The third kappa shape index (κ3) is 5.24. The number of fused-ring (bicyclic) bond motifs is 1. The van der Waals surface area contributed by atoms with Crippen molar-refractivity contribution in [3.8, 4) is 17.1 Å². The summed E-state index contributed by atoms with van der Waals surface area (Å²) in [7, 11) is 0. The Labute approximate surface area is 204 Å². The summed E-state index contributed by atoms with van der Waals surface area (Å²) in [5, 5.41) is 14.6. The maximum Gasteiger partial charge on any atom is 0.220 e. The number of nitrogens with one attached hydrogen (secondary N) is 1. The number of hydrogen-bond acceptors (Lipinski definition) is 6. The molecule has 178 valence electrons. The highest BCUT2D eigenvalue weighted by Crippen LogP contribution is 2.33. The summed E-state index contributed by atoms with van der Waals surface area (Å²) in [6.45, 7) is 3.62. The average Bonchev–Trinajstić information content (AvgIpc) is 2.88. The molecule has 3 heterocycles. The highest BCUT2D eigenvalue weighted by atomic mass is 16.3. The lowest BCUT2D eigenvalue weighted by Crippen LogP contribution is -2.45. The molecule has 35 heavy (non-hydrogen) atoms. The van der Waals surface area contributed by atoms with Gasteiger partial charge in [0, 0.05) is 43.3 Å². The quantitative estimate of drug-likeness (QED) is 0.436. The van der Waals surface area contributed by atoms with E-state index in [0.29, 0.717) is 24.2 Å². The van der Waals surface area contributed by atoms with E-state index in [1.807, 2.05) is 37.4 Å². The van der Waals surface area contributed by atoms with Crippen molar-refractivity contribution in [1.29, 1.82) is 0 Å². The van der Waals surface area contributed by atoms with Gasteiger partial charge in [-0.2, -0.15) is 0 Å². The minimum Gasteiger partial charge on any atom is -0.507 e. The van der Waals surface area contributed by atoms with E-state index in [1.54, 1.807) is 18.3 Å². The third-order valence-corrected chi connectivity index (χ3v) is 6.50. The second kappa shape index (κ2) is 10.1. The van der Waals surface area contributed by atoms with Crippen molar-refractivity contribution in [1.82, 2.24) is 20.3 Å². The van der Waals surface area contributed by atoms with Gasteiger partial charge >= 0.3 is 0 Å². The van der Waals surface area contributed by atoms with Crippen molar-refractivity contribution in [2.45, 2.75) is 38.6 Å². The van der Waals surface area contributed by atoms with Crippen LogP contribution in [0.5, 0.6) is 5.75 Å². The molecule has 0 aliphatic carbocycles. The number of anilines is 1. The number of nitrogens with zero attached hydrogens (tertiary/aromatic N) is 4. The Hall–Kier alpha value is -4.00. The first-order valence-electron chi connectivity index (χ1n) is 12.1. The molecule has 7 heteroatoms. The molecule has 0 spiro atoms. The van der Waals surface area contributed by atoms with Crippen LogP contribution < -0.4 is 10.2 Å². The van der Waals surface area contributed by atoms with E-state index in [9.17, 15) is 9.90 Å². The van der Waals surface area contributed by atoms with Crippen LogP contribution in [0.2, 0.25) is 0 Å². The molecule has 2 aromatic heterocycles. The summed E-state index contributed by atoms with van der Waals surface area (Å²) in [6.07, 6.45) is 6.41. The van der Waals surface area contributed by atoms with Crippen molar-refractivity contribution in [3.63, 3.8) is 0 Å². The molecule has 7 nitrogen and oxygen atoms in total. The van der Waals surface area contributed by atoms with Crippen LogP contribution in [-0.2, 0) is 11.2 Å². The van der Waals surface area contributed by atoms with Gasteiger partial charge in [0.2, 0.25) is 5.91 Å². The molecule has 5 rings (SSSR count). The molecular formula is C28H29N5O2. The fraction of sp³-hybridized carbons (Fsp3) is 0.286. The number of piperidine rings is 1. The maximum atomic E-state index is 12.5. The zero-order chi connectivity index (χ0) is 24.2. The van der Waals surface area contributed by atoms with Gasteiger partial charge in [0.1, 0.15) is 11.6 Å². The number of hydrogen-bond donors (Lipinski definition) is 2. The van der Waals surface area contributed by atoms with Gasteiger partial charge < -0.3 is 15.3 Å². The van der Waals surface area contributed by atoms with Crippen molar-refractivity contribution >= 4 is 22.6 Å². The largest absolute Gasteiger partial charge is 0.507 e. The van der Waals surface area contributed by atoms with Crippen LogP contribution in [0.3, 0.4) is 0 Å². The molecule has 1 aliphatic rings. The molecule has 0 atom stereocenters. The van der Waals surface area contributed by atoms with Crippen LogP contribution in [0.25, 0.3) is 22.3 Å². The Balaban J connectivity index is 1.30. The summed E-state index contributed by atoms with van der Waals surface area (Å²) >= 11 is 0. The van der Waals surface area contributed by atoms with E-state index in [-0.39, 0.29) is 17.7 Å². The predicted molar refractivity (Wildman–Crippen MR) is 137 cm³/mol. The number of pyridine rings is 1. The number of phenolic OH excluding ortho intramolecular Hbond substituents is 1. The van der Waals surface area contributed by atoms with Crippen molar-refractivity contribution in [3.05, 3.63) is 78.1 Å². The lowest BCUT2D eigenvalue weighted by molar-refractivity contribution is -0.121. The summed E-state index contributed by atoms with van der Waals surface area (Å²) in [4.78, 5) is 28.5. The second-order valence-electron chi connectivity index (χ2n) is 9.10. The highest BCUT2D eigenvalue weighted by molar-refractivity contribution is 5.92. The van der Waals surface area contributed by atoms with Gasteiger partial charge in [-0.1, -0.05) is 24.3 Å². The van der Waals surface area contributed by atoms with E-state index in [1.165, 1.54) is 0 Å². The van der Waals surface area contributed by atoms with Crippen LogP contribution in [-0.4, -0.2) is 45.1 Å². The SMILES string of the molecule is Cc1ccc2c(N3CCC(NC(=O)CCc4cccnc4)CC3)nc(-c3ccccc3O)nc2c1. The van der Waals surface area contributed by atoms with E-state index in [2.05, 4.69) is 33.4 Å². The number of phenols is 1. The van der Waals surface area contributed by atoms with Gasteiger partial charge in [-0.15, -0.1) is 0 Å². The van der Waals surface area contributed by atoms with Gasteiger partial charge in [-0.25, -0.2) is 9.97 Å². The van der Waals surface area contributed by atoms with Gasteiger partial charge in [-0.3, -0.25) is 9.78 Å². The minimum absolute atomic E-state index is 0.0807. The van der Waals surface area contributed by atoms with Gasteiger partial charge in [0.25, 0.3) is 0 Å². The van der Waals surface area contributed by atoms with Crippen LogP contribution in [0, 0.1) is 6.92 Å². The Morgan fingerprint density at radius 3 is 2.69 bits per heavy atom. The number of carbonyl (C=O) groups excluding carboxylic acids is 1. The number of aryl methyl sites for hydroxylation is 2. The molecule has 1 amide bonds. The highest BCUT2D eigenvalue weighted by Gasteiger charge is 2.24. The first kappa shape index (κ1) is 22.8. The maximum absolute atomic E-state index is 12.5. The zero-order valence-corrected chi connectivity index (χ0v) is 19.8. The molecule has 4 aromatic rings. The molecule has 1 fully saturated rings. The number of aromatic hydroxyl groups is 1. The minimum atomic E-state index is 0.0807. The Morgan fingerprint density at radius 2 is 1.91 bits per heavy atom. The van der Waals surface area contributed by atoms with E-state index >= 15 is 0 Å². The molecule has 2 aromatic carbocycles. The standard InChI is InChI=1S/C28H29N5O2/c1-19-8-10-22-24(17-19)31-27(23-6-2-3-7-25(23)34)32-28(22)33-15-12-21(13-16-33)30-26(35)11-9-20-5-4-14-29-18-20/h2-8,10,14,17-18,21,34H,9,11-13,15-16H2,1H3,(H,30,35). The predicted octanol–water partition coefficient (Wildman–Crippen LogP) is 4.42. The molecule has 0 unspecified atom stereocenters. The third-order valence-electron chi connectivity index (χ3n) is 6.50. The fourth-order valence-electron chi connectivity index (χ4n) is 4.59. The van der Waals surface area contributed by atoms with Crippen molar-refractivity contribution in [2.75, 3.05) is 18.0 Å². The van der Waals surface area contributed by atoms with Crippen LogP contribution in [0.1, 0.15) is 30.4 Å². The zero-order valence-electron chi connectivity index (χ0n) is 19.8. The number of aromatic nitrogens is 3. The summed E-state index contributed by atoms with van der Waals surface area (Å²) in [5.74, 6) is 1.63. The van der Waals surface area contributed by atoms with Crippen LogP contribution in [0.15, 0.2) is 67.0 Å². The number of rotatable bonds is 6. The van der Waals surface area contributed by atoms with E-state index in [0.717, 1.165) is 53.8 Å². The van der Waals surface area contributed by atoms with Crippen LogP contribution in [0.4, 0.5) is 5.82 Å². The van der Waals surface area contributed by atoms with Gasteiger partial charge in [0.15, 0.2) is 5.82 Å². The van der Waals surface area contributed by atoms with Crippen molar-refractivity contribution in [2.24, 2.45) is 0 Å². The second-order valence-corrected chi connectivity index (χ2v) is 9.10. The average molecular weight is 468 g/mol.